The largest absolute Gasteiger partial charge is 0.382 e. The number of aliphatic hydroxyl groups is 1. The van der Waals surface area contributed by atoms with Crippen molar-refractivity contribution in [3.05, 3.63) is 90.0 Å². The van der Waals surface area contributed by atoms with Gasteiger partial charge in [-0.1, -0.05) is 36.4 Å². The predicted molar refractivity (Wildman–Crippen MR) is 95.2 cm³/mol. The van der Waals surface area contributed by atoms with Gasteiger partial charge in [-0.3, -0.25) is 9.88 Å². The van der Waals surface area contributed by atoms with Crippen LogP contribution in [0.15, 0.2) is 73.1 Å². The lowest BCUT2D eigenvalue weighted by molar-refractivity contribution is -0.108. The van der Waals surface area contributed by atoms with Crippen molar-refractivity contribution in [2.45, 2.75) is 12.1 Å². The molecule has 1 N–H and O–H groups in total. The molecule has 1 aliphatic rings. The molecule has 0 spiro atoms. The van der Waals surface area contributed by atoms with Gasteiger partial charge in [-0.05, 0) is 46.5 Å². The molecule has 1 aromatic heterocycles. The molecule has 126 valence electrons. The summed E-state index contributed by atoms with van der Waals surface area (Å²) in [5, 5.41) is 10.6. The number of hydrogen-bond acceptors (Lipinski definition) is 3. The maximum atomic E-state index is 13.0. The summed E-state index contributed by atoms with van der Waals surface area (Å²) in [6.07, 6.45) is 3.58. The van der Waals surface area contributed by atoms with Crippen LogP contribution < -0.4 is 0 Å². The monoisotopic (exact) mass is 334 g/mol. The van der Waals surface area contributed by atoms with Gasteiger partial charge in [0, 0.05) is 32.0 Å². The summed E-state index contributed by atoms with van der Waals surface area (Å²) in [5.74, 6) is -0.280. The van der Waals surface area contributed by atoms with Gasteiger partial charge in [-0.25, -0.2) is 4.39 Å². The number of pyridine rings is 1. The fourth-order valence-corrected chi connectivity index (χ4v) is 3.35. The minimum Gasteiger partial charge on any atom is -0.382 e. The number of hydrogen-bond donors (Lipinski definition) is 1. The van der Waals surface area contributed by atoms with E-state index >= 15 is 0 Å². The molecule has 1 saturated heterocycles. The van der Waals surface area contributed by atoms with Crippen molar-refractivity contribution in [3.8, 4) is 11.1 Å². The molecule has 2 heterocycles. The second kappa shape index (κ2) is 6.39. The predicted octanol–water partition coefficient (Wildman–Crippen LogP) is 3.59. The SMILES string of the molecule is OC1(c2ccc(F)cc2)CN(Cc2ccc(-c3ccncc3)cc2)C1. The van der Waals surface area contributed by atoms with Crippen LogP contribution in [0.25, 0.3) is 11.1 Å². The van der Waals surface area contributed by atoms with E-state index in [0.29, 0.717) is 13.1 Å². The smallest absolute Gasteiger partial charge is 0.123 e. The second-order valence-corrected chi connectivity index (χ2v) is 6.62. The number of benzene rings is 2. The van der Waals surface area contributed by atoms with Crippen LogP contribution in [0.3, 0.4) is 0 Å². The van der Waals surface area contributed by atoms with Crippen molar-refractivity contribution in [3.63, 3.8) is 0 Å². The molecule has 1 aliphatic heterocycles. The summed E-state index contributed by atoms with van der Waals surface area (Å²) >= 11 is 0. The van der Waals surface area contributed by atoms with Crippen LogP contribution in [0.1, 0.15) is 11.1 Å². The molecule has 1 fully saturated rings. The first kappa shape index (κ1) is 15.9. The van der Waals surface area contributed by atoms with Crippen molar-refractivity contribution < 1.29 is 9.50 Å². The second-order valence-electron chi connectivity index (χ2n) is 6.62. The number of nitrogens with zero attached hydrogens (tertiary/aromatic N) is 2. The van der Waals surface area contributed by atoms with Crippen LogP contribution in [0.5, 0.6) is 0 Å². The first-order chi connectivity index (χ1) is 12.1. The lowest BCUT2D eigenvalue weighted by Crippen LogP contribution is -2.58. The minimum atomic E-state index is -0.870. The van der Waals surface area contributed by atoms with E-state index in [1.165, 1.54) is 17.7 Å². The molecule has 4 heteroatoms. The van der Waals surface area contributed by atoms with Crippen LogP contribution in [0, 0.1) is 5.82 Å². The summed E-state index contributed by atoms with van der Waals surface area (Å²) in [4.78, 5) is 6.22. The molecule has 3 aromatic rings. The molecule has 25 heavy (non-hydrogen) atoms. The van der Waals surface area contributed by atoms with E-state index in [0.717, 1.165) is 23.2 Å². The van der Waals surface area contributed by atoms with Gasteiger partial charge in [0.05, 0.1) is 0 Å². The van der Waals surface area contributed by atoms with Gasteiger partial charge >= 0.3 is 0 Å². The molecular formula is C21H19FN2O. The Bertz CT molecular complexity index is 841. The molecule has 0 amide bonds. The quantitative estimate of drug-likeness (QED) is 0.792. The first-order valence-corrected chi connectivity index (χ1v) is 8.33. The highest BCUT2D eigenvalue weighted by Gasteiger charge is 2.42. The van der Waals surface area contributed by atoms with E-state index in [9.17, 15) is 9.50 Å². The Hall–Kier alpha value is -2.56. The molecule has 3 nitrogen and oxygen atoms in total. The molecule has 0 saturated carbocycles. The van der Waals surface area contributed by atoms with Crippen molar-refractivity contribution >= 4 is 0 Å². The number of likely N-dealkylation sites (tertiary alicyclic amines) is 1. The Morgan fingerprint density at radius 3 is 2.12 bits per heavy atom. The maximum absolute atomic E-state index is 13.0. The van der Waals surface area contributed by atoms with E-state index in [1.807, 2.05) is 12.1 Å². The number of rotatable bonds is 4. The Kier molecular flexibility index (Phi) is 4.07. The molecule has 0 unspecified atom stereocenters. The Morgan fingerprint density at radius 2 is 1.48 bits per heavy atom. The van der Waals surface area contributed by atoms with Crippen LogP contribution in [-0.4, -0.2) is 28.1 Å². The van der Waals surface area contributed by atoms with Crippen LogP contribution >= 0.6 is 0 Å². The van der Waals surface area contributed by atoms with E-state index in [-0.39, 0.29) is 5.82 Å². The third-order valence-electron chi connectivity index (χ3n) is 4.73. The first-order valence-electron chi connectivity index (χ1n) is 8.33. The Balaban J connectivity index is 1.39. The van der Waals surface area contributed by atoms with Crippen molar-refractivity contribution in [2.75, 3.05) is 13.1 Å². The van der Waals surface area contributed by atoms with Crippen molar-refractivity contribution in [1.82, 2.24) is 9.88 Å². The van der Waals surface area contributed by atoms with Gasteiger partial charge in [0.25, 0.3) is 0 Å². The van der Waals surface area contributed by atoms with E-state index in [4.69, 9.17) is 0 Å². The number of halogens is 1. The highest BCUT2D eigenvalue weighted by molar-refractivity contribution is 5.62. The average molecular weight is 334 g/mol. The van der Waals surface area contributed by atoms with E-state index in [2.05, 4.69) is 34.1 Å². The van der Waals surface area contributed by atoms with Crippen molar-refractivity contribution in [2.24, 2.45) is 0 Å². The third kappa shape index (κ3) is 3.31. The number of aromatic nitrogens is 1. The van der Waals surface area contributed by atoms with Gasteiger partial charge in [-0.2, -0.15) is 0 Å². The van der Waals surface area contributed by atoms with Crippen LogP contribution in [0.2, 0.25) is 0 Å². The Morgan fingerprint density at radius 1 is 0.880 bits per heavy atom. The van der Waals surface area contributed by atoms with Gasteiger partial charge in [0.1, 0.15) is 11.4 Å². The zero-order valence-electron chi connectivity index (χ0n) is 13.8. The standard InChI is InChI=1S/C21H19FN2O/c22-20-7-5-19(6-8-20)21(25)14-24(15-21)13-16-1-3-17(4-2-16)18-9-11-23-12-10-18/h1-12,25H,13-15H2. The summed E-state index contributed by atoms with van der Waals surface area (Å²) in [5.41, 5.74) is 3.43. The van der Waals surface area contributed by atoms with E-state index in [1.54, 1.807) is 24.5 Å². The molecule has 0 atom stereocenters. The number of β-amino-alcohol motifs (C(OH)–C–C–N with tert-alkyl or cyclic N) is 1. The molecule has 2 aromatic carbocycles. The van der Waals surface area contributed by atoms with Gasteiger partial charge in [0.15, 0.2) is 0 Å². The summed E-state index contributed by atoms with van der Waals surface area (Å²) in [6.45, 7) is 1.91. The fraction of sp³-hybridized carbons (Fsp3) is 0.190. The lowest BCUT2D eigenvalue weighted by atomic mass is 9.86. The van der Waals surface area contributed by atoms with Crippen LogP contribution in [0.4, 0.5) is 4.39 Å². The topological polar surface area (TPSA) is 36.4 Å². The average Bonchev–Trinajstić information content (AvgIpc) is 2.62. The minimum absolute atomic E-state index is 0.280. The van der Waals surface area contributed by atoms with Gasteiger partial charge in [0.2, 0.25) is 0 Å². The highest BCUT2D eigenvalue weighted by Crippen LogP contribution is 2.33. The zero-order chi connectivity index (χ0) is 17.3. The molecule has 0 aliphatic carbocycles. The maximum Gasteiger partial charge on any atom is 0.123 e. The zero-order valence-corrected chi connectivity index (χ0v) is 13.8. The lowest BCUT2D eigenvalue weighted by Gasteiger charge is -2.47. The van der Waals surface area contributed by atoms with Crippen molar-refractivity contribution in [1.29, 1.82) is 0 Å². The molecule has 4 rings (SSSR count). The molecule has 0 bridgehead atoms. The fourth-order valence-electron chi connectivity index (χ4n) is 3.35. The molecule has 0 radical (unpaired) electrons. The van der Waals surface area contributed by atoms with Gasteiger partial charge < -0.3 is 5.11 Å². The van der Waals surface area contributed by atoms with Gasteiger partial charge in [-0.15, -0.1) is 0 Å². The van der Waals surface area contributed by atoms with E-state index < -0.39 is 5.60 Å². The Labute approximate surface area is 146 Å². The highest BCUT2D eigenvalue weighted by atomic mass is 19.1. The third-order valence-corrected chi connectivity index (χ3v) is 4.73. The summed E-state index contributed by atoms with van der Waals surface area (Å²) in [7, 11) is 0. The normalized spacial score (nSPS) is 16.4. The molecular weight excluding hydrogens is 315 g/mol. The summed E-state index contributed by atoms with van der Waals surface area (Å²) < 4.78 is 13.0. The summed E-state index contributed by atoms with van der Waals surface area (Å²) in [6, 6.07) is 18.6. The van der Waals surface area contributed by atoms with Crippen LogP contribution in [-0.2, 0) is 12.1 Å².